The third-order valence-electron chi connectivity index (χ3n) is 4.92. The molecule has 8 heteroatoms. The zero-order valence-electron chi connectivity index (χ0n) is 16.9. The summed E-state index contributed by atoms with van der Waals surface area (Å²) in [6.07, 6.45) is 3.61. The molecule has 0 N–H and O–H groups in total. The van der Waals surface area contributed by atoms with Gasteiger partial charge < -0.3 is 14.5 Å². The molecule has 1 aromatic heterocycles. The highest BCUT2D eigenvalue weighted by Crippen LogP contribution is 2.34. The molecular weight excluding hydrogens is 392 g/mol. The number of carbonyl (C=O) groups excluding carboxylic acids is 2. The van der Waals surface area contributed by atoms with Crippen molar-refractivity contribution < 1.29 is 14.3 Å². The van der Waals surface area contributed by atoms with Crippen LogP contribution in [-0.2, 0) is 14.3 Å². The number of halogens is 1. The number of aromatic nitrogens is 2. The van der Waals surface area contributed by atoms with Gasteiger partial charge in [0.1, 0.15) is 0 Å². The van der Waals surface area contributed by atoms with Crippen molar-refractivity contribution in [2.45, 2.75) is 25.7 Å². The van der Waals surface area contributed by atoms with Gasteiger partial charge in [-0.3, -0.25) is 9.59 Å². The summed E-state index contributed by atoms with van der Waals surface area (Å²) in [6.45, 7) is 2.26. The number of anilines is 1. The standard InChI is InChI=1S/C21H25ClN4O3/c1-14(27)29-13-19(28)26-10-4-5-16(12-26)20-18(11-23-21(24-20)25(2)3)15-6-8-17(22)9-7-15/h6-9,11,16H,4-5,10,12-13H2,1-3H3. The van der Waals surface area contributed by atoms with Gasteiger partial charge in [-0.1, -0.05) is 23.7 Å². The van der Waals surface area contributed by atoms with Crippen LogP contribution in [0.1, 0.15) is 31.4 Å². The van der Waals surface area contributed by atoms with E-state index in [1.54, 1.807) is 4.90 Å². The fourth-order valence-electron chi connectivity index (χ4n) is 3.45. The van der Waals surface area contributed by atoms with E-state index in [1.807, 2.05) is 49.5 Å². The average Bonchev–Trinajstić information content (AvgIpc) is 2.72. The van der Waals surface area contributed by atoms with Crippen LogP contribution in [0.25, 0.3) is 11.1 Å². The first-order valence-corrected chi connectivity index (χ1v) is 9.94. The van der Waals surface area contributed by atoms with Crippen molar-refractivity contribution in [3.8, 4) is 11.1 Å². The number of hydrogen-bond donors (Lipinski definition) is 0. The molecule has 0 saturated carbocycles. The Labute approximate surface area is 175 Å². The van der Waals surface area contributed by atoms with Crippen LogP contribution in [0.2, 0.25) is 5.02 Å². The summed E-state index contributed by atoms with van der Waals surface area (Å²) in [5.41, 5.74) is 2.83. The highest BCUT2D eigenvalue weighted by molar-refractivity contribution is 6.30. The van der Waals surface area contributed by atoms with Gasteiger partial charge in [-0.25, -0.2) is 9.97 Å². The third kappa shape index (κ3) is 5.23. The molecule has 1 aliphatic heterocycles. The Bertz CT molecular complexity index is 886. The molecule has 1 atom stereocenters. The number of amides is 1. The lowest BCUT2D eigenvalue weighted by Gasteiger charge is -2.33. The first-order valence-electron chi connectivity index (χ1n) is 9.56. The highest BCUT2D eigenvalue weighted by atomic mass is 35.5. The Kier molecular flexibility index (Phi) is 6.69. The van der Waals surface area contributed by atoms with Crippen molar-refractivity contribution in [1.29, 1.82) is 0 Å². The van der Waals surface area contributed by atoms with Gasteiger partial charge in [0, 0.05) is 56.8 Å². The number of esters is 1. The second kappa shape index (κ2) is 9.22. The molecule has 1 unspecified atom stereocenters. The smallest absolute Gasteiger partial charge is 0.303 e. The molecule has 29 heavy (non-hydrogen) atoms. The molecule has 0 radical (unpaired) electrons. The van der Waals surface area contributed by atoms with E-state index in [1.165, 1.54) is 6.92 Å². The lowest BCUT2D eigenvalue weighted by atomic mass is 9.90. The molecule has 2 aromatic rings. The van der Waals surface area contributed by atoms with Crippen LogP contribution < -0.4 is 4.90 Å². The Morgan fingerprint density at radius 3 is 2.66 bits per heavy atom. The van der Waals surface area contributed by atoms with E-state index < -0.39 is 5.97 Å². The summed E-state index contributed by atoms with van der Waals surface area (Å²) in [6, 6.07) is 7.59. The molecular formula is C21H25ClN4O3. The van der Waals surface area contributed by atoms with E-state index in [-0.39, 0.29) is 18.4 Å². The van der Waals surface area contributed by atoms with Crippen LogP contribution in [-0.4, -0.2) is 60.5 Å². The van der Waals surface area contributed by atoms with Gasteiger partial charge >= 0.3 is 5.97 Å². The number of hydrogen-bond acceptors (Lipinski definition) is 6. The van der Waals surface area contributed by atoms with Crippen molar-refractivity contribution in [3.05, 3.63) is 41.2 Å². The summed E-state index contributed by atoms with van der Waals surface area (Å²) in [7, 11) is 3.80. The number of ether oxygens (including phenoxy) is 1. The summed E-state index contributed by atoms with van der Waals surface area (Å²) >= 11 is 6.04. The lowest BCUT2D eigenvalue weighted by molar-refractivity contribution is -0.150. The highest BCUT2D eigenvalue weighted by Gasteiger charge is 2.28. The predicted molar refractivity (Wildman–Crippen MR) is 112 cm³/mol. The molecule has 154 valence electrons. The van der Waals surface area contributed by atoms with E-state index in [2.05, 4.69) is 4.98 Å². The summed E-state index contributed by atoms with van der Waals surface area (Å²) in [5.74, 6) is 0.0571. The molecule has 0 aliphatic carbocycles. The maximum atomic E-state index is 12.4. The van der Waals surface area contributed by atoms with Gasteiger partial charge in [0.15, 0.2) is 6.61 Å². The van der Waals surface area contributed by atoms with E-state index in [4.69, 9.17) is 21.3 Å². The number of rotatable bonds is 5. The van der Waals surface area contributed by atoms with Gasteiger partial charge in [0.2, 0.25) is 5.95 Å². The van der Waals surface area contributed by atoms with Crippen LogP contribution >= 0.6 is 11.6 Å². The van der Waals surface area contributed by atoms with E-state index in [9.17, 15) is 9.59 Å². The fraction of sp³-hybridized carbons (Fsp3) is 0.429. The lowest BCUT2D eigenvalue weighted by Crippen LogP contribution is -2.41. The average molecular weight is 417 g/mol. The van der Waals surface area contributed by atoms with Crippen LogP contribution in [0, 0.1) is 0 Å². The zero-order valence-corrected chi connectivity index (χ0v) is 17.6. The molecule has 1 amide bonds. The van der Waals surface area contributed by atoms with Crippen LogP contribution in [0.5, 0.6) is 0 Å². The predicted octanol–water partition coefficient (Wildman–Crippen LogP) is 3.13. The van der Waals surface area contributed by atoms with Gasteiger partial charge in [-0.05, 0) is 30.5 Å². The Morgan fingerprint density at radius 2 is 2.00 bits per heavy atom. The second-order valence-corrected chi connectivity index (χ2v) is 7.77. The third-order valence-corrected chi connectivity index (χ3v) is 5.17. The molecule has 7 nitrogen and oxygen atoms in total. The summed E-state index contributed by atoms with van der Waals surface area (Å²) in [4.78, 5) is 36.4. The van der Waals surface area contributed by atoms with E-state index in [0.717, 1.165) is 29.7 Å². The zero-order chi connectivity index (χ0) is 21.0. The van der Waals surface area contributed by atoms with Gasteiger partial charge in [-0.15, -0.1) is 0 Å². The van der Waals surface area contributed by atoms with Crippen LogP contribution in [0.15, 0.2) is 30.5 Å². The Balaban J connectivity index is 1.90. The first kappa shape index (κ1) is 21.0. The maximum Gasteiger partial charge on any atom is 0.303 e. The molecule has 1 aliphatic rings. The maximum absolute atomic E-state index is 12.4. The Morgan fingerprint density at radius 1 is 1.28 bits per heavy atom. The normalized spacial score (nSPS) is 16.4. The fourth-order valence-corrected chi connectivity index (χ4v) is 3.57. The summed E-state index contributed by atoms with van der Waals surface area (Å²) in [5, 5.41) is 0.668. The minimum atomic E-state index is -0.455. The SMILES string of the molecule is CC(=O)OCC(=O)N1CCCC(c2nc(N(C)C)ncc2-c2ccc(Cl)cc2)C1. The molecule has 1 fully saturated rings. The largest absolute Gasteiger partial charge is 0.456 e. The molecule has 1 saturated heterocycles. The van der Waals surface area contributed by atoms with Crippen LogP contribution in [0.3, 0.4) is 0 Å². The van der Waals surface area contributed by atoms with Crippen LogP contribution in [0.4, 0.5) is 5.95 Å². The molecule has 0 bridgehead atoms. The monoisotopic (exact) mass is 416 g/mol. The van der Waals surface area contributed by atoms with Crippen molar-refractivity contribution in [1.82, 2.24) is 14.9 Å². The number of likely N-dealkylation sites (tertiary alicyclic amines) is 1. The minimum absolute atomic E-state index is 0.0670. The van der Waals surface area contributed by atoms with Crippen molar-refractivity contribution in [2.75, 3.05) is 38.7 Å². The van der Waals surface area contributed by atoms with Gasteiger partial charge in [0.05, 0.1) is 5.69 Å². The van der Waals surface area contributed by atoms with E-state index >= 15 is 0 Å². The number of benzene rings is 1. The topological polar surface area (TPSA) is 75.6 Å². The second-order valence-electron chi connectivity index (χ2n) is 7.33. The number of piperidine rings is 1. The quantitative estimate of drug-likeness (QED) is 0.697. The first-order chi connectivity index (χ1) is 13.8. The minimum Gasteiger partial charge on any atom is -0.456 e. The number of nitrogens with zero attached hydrogens (tertiary/aromatic N) is 4. The van der Waals surface area contributed by atoms with E-state index in [0.29, 0.717) is 24.1 Å². The molecule has 3 rings (SSSR count). The van der Waals surface area contributed by atoms with Crippen molar-refractivity contribution in [3.63, 3.8) is 0 Å². The Hall–Kier alpha value is -2.67. The van der Waals surface area contributed by atoms with Crippen molar-refractivity contribution >= 4 is 29.4 Å². The molecule has 0 spiro atoms. The van der Waals surface area contributed by atoms with Crippen molar-refractivity contribution in [2.24, 2.45) is 0 Å². The number of carbonyl (C=O) groups is 2. The molecule has 1 aromatic carbocycles. The summed E-state index contributed by atoms with van der Waals surface area (Å²) < 4.78 is 4.88. The van der Waals surface area contributed by atoms with Gasteiger partial charge in [-0.2, -0.15) is 0 Å². The molecule has 2 heterocycles. The van der Waals surface area contributed by atoms with Gasteiger partial charge in [0.25, 0.3) is 5.91 Å².